The molecule has 0 aliphatic rings. The molecule has 0 heterocycles. The van der Waals surface area contributed by atoms with Gasteiger partial charge in [0, 0.05) is 0 Å². The van der Waals surface area contributed by atoms with E-state index in [4.69, 9.17) is 9.47 Å². The lowest BCUT2D eigenvalue weighted by Gasteiger charge is -2.12. The van der Waals surface area contributed by atoms with Crippen LogP contribution in [0.2, 0.25) is 0 Å². The molecule has 0 bridgehead atoms. The van der Waals surface area contributed by atoms with Crippen LogP contribution in [0.15, 0.2) is 53.6 Å². The van der Waals surface area contributed by atoms with Crippen LogP contribution in [-0.4, -0.2) is 25.8 Å². The predicted octanol–water partition coefficient (Wildman–Crippen LogP) is 3.35. The fourth-order valence-corrected chi connectivity index (χ4v) is 2.13. The third-order valence-electron chi connectivity index (χ3n) is 3.42. The zero-order chi connectivity index (χ0) is 17.4. The van der Waals surface area contributed by atoms with E-state index in [0.29, 0.717) is 5.92 Å². The van der Waals surface area contributed by atoms with E-state index in [9.17, 15) is 4.79 Å². The highest BCUT2D eigenvalue weighted by Gasteiger charge is 2.08. The van der Waals surface area contributed by atoms with Crippen LogP contribution in [0.1, 0.15) is 30.9 Å². The normalized spacial score (nSPS) is 10.8. The molecule has 0 aliphatic heterocycles. The lowest BCUT2D eigenvalue weighted by atomic mass is 10.0. The molecule has 0 spiro atoms. The standard InChI is InChI=1S/C19H22N2O3/c1-14(2)17-6-4-5-7-18(17)24-13-19(22)21-20-12-15-8-10-16(23-3)11-9-15/h4-12,14H,13H2,1-3H3,(H,21,22). The molecule has 1 N–H and O–H groups in total. The van der Waals surface area contributed by atoms with E-state index >= 15 is 0 Å². The first-order valence-electron chi connectivity index (χ1n) is 7.78. The predicted molar refractivity (Wildman–Crippen MR) is 94.8 cm³/mol. The number of ether oxygens (including phenoxy) is 2. The minimum Gasteiger partial charge on any atom is -0.497 e. The van der Waals surface area contributed by atoms with Crippen LogP contribution >= 0.6 is 0 Å². The summed E-state index contributed by atoms with van der Waals surface area (Å²) in [7, 11) is 1.61. The van der Waals surface area contributed by atoms with Gasteiger partial charge in [0.1, 0.15) is 11.5 Å². The van der Waals surface area contributed by atoms with Crippen molar-refractivity contribution in [1.82, 2.24) is 5.43 Å². The number of hydrazone groups is 1. The molecule has 2 aromatic carbocycles. The number of hydrogen-bond acceptors (Lipinski definition) is 4. The highest BCUT2D eigenvalue weighted by molar-refractivity contribution is 5.83. The van der Waals surface area contributed by atoms with E-state index in [2.05, 4.69) is 24.4 Å². The number of nitrogens with zero attached hydrogens (tertiary/aromatic N) is 1. The van der Waals surface area contributed by atoms with Crippen LogP contribution in [0.4, 0.5) is 0 Å². The maximum Gasteiger partial charge on any atom is 0.277 e. The number of carbonyl (C=O) groups is 1. The first-order chi connectivity index (χ1) is 11.6. The second-order valence-electron chi connectivity index (χ2n) is 5.55. The molecular weight excluding hydrogens is 304 g/mol. The fraction of sp³-hybridized carbons (Fsp3) is 0.263. The Morgan fingerprint density at radius 2 is 1.88 bits per heavy atom. The number of benzene rings is 2. The fourth-order valence-electron chi connectivity index (χ4n) is 2.13. The van der Waals surface area contributed by atoms with Gasteiger partial charge in [0.15, 0.2) is 6.61 Å². The van der Waals surface area contributed by atoms with E-state index in [0.717, 1.165) is 22.6 Å². The highest BCUT2D eigenvalue weighted by Crippen LogP contribution is 2.25. The third-order valence-corrected chi connectivity index (χ3v) is 3.42. The van der Waals surface area contributed by atoms with Crippen LogP contribution in [-0.2, 0) is 4.79 Å². The Morgan fingerprint density at radius 3 is 2.54 bits per heavy atom. The van der Waals surface area contributed by atoms with Crippen LogP contribution in [0.5, 0.6) is 11.5 Å². The van der Waals surface area contributed by atoms with E-state index in [1.54, 1.807) is 13.3 Å². The average Bonchev–Trinajstić information content (AvgIpc) is 2.60. The van der Waals surface area contributed by atoms with Gasteiger partial charge in [-0.15, -0.1) is 0 Å². The maximum absolute atomic E-state index is 11.8. The van der Waals surface area contributed by atoms with Gasteiger partial charge in [-0.1, -0.05) is 32.0 Å². The van der Waals surface area contributed by atoms with Crippen molar-refractivity contribution in [3.05, 3.63) is 59.7 Å². The van der Waals surface area contributed by atoms with Gasteiger partial charge in [-0.3, -0.25) is 4.79 Å². The second-order valence-corrected chi connectivity index (χ2v) is 5.55. The molecule has 0 radical (unpaired) electrons. The summed E-state index contributed by atoms with van der Waals surface area (Å²) in [5.74, 6) is 1.52. The topological polar surface area (TPSA) is 59.9 Å². The number of para-hydroxylation sites is 1. The van der Waals surface area contributed by atoms with Crippen LogP contribution in [0, 0.1) is 0 Å². The average molecular weight is 326 g/mol. The molecule has 126 valence electrons. The maximum atomic E-state index is 11.8. The Bertz CT molecular complexity index is 694. The largest absolute Gasteiger partial charge is 0.497 e. The number of carbonyl (C=O) groups excluding carboxylic acids is 1. The van der Waals surface area contributed by atoms with Gasteiger partial charge < -0.3 is 9.47 Å². The van der Waals surface area contributed by atoms with Gasteiger partial charge in [0.05, 0.1) is 13.3 Å². The SMILES string of the molecule is COc1ccc(C=NNC(=O)COc2ccccc2C(C)C)cc1. The van der Waals surface area contributed by atoms with Gasteiger partial charge >= 0.3 is 0 Å². The van der Waals surface area contributed by atoms with Crippen LogP contribution in [0.25, 0.3) is 0 Å². The smallest absolute Gasteiger partial charge is 0.277 e. The monoisotopic (exact) mass is 326 g/mol. The van der Waals surface area contributed by atoms with Crippen molar-refractivity contribution in [2.24, 2.45) is 5.10 Å². The summed E-state index contributed by atoms with van der Waals surface area (Å²) >= 11 is 0. The molecule has 2 aromatic rings. The van der Waals surface area contributed by atoms with Crippen molar-refractivity contribution in [1.29, 1.82) is 0 Å². The molecule has 0 unspecified atom stereocenters. The summed E-state index contributed by atoms with van der Waals surface area (Å²) < 4.78 is 10.7. The summed E-state index contributed by atoms with van der Waals surface area (Å²) in [6.07, 6.45) is 1.57. The molecule has 5 nitrogen and oxygen atoms in total. The quantitative estimate of drug-likeness (QED) is 0.627. The van der Waals surface area contributed by atoms with Crippen LogP contribution < -0.4 is 14.9 Å². The Balaban J connectivity index is 1.84. The molecule has 0 saturated carbocycles. The van der Waals surface area contributed by atoms with Gasteiger partial charge in [0.25, 0.3) is 5.91 Å². The lowest BCUT2D eigenvalue weighted by molar-refractivity contribution is -0.123. The van der Waals surface area contributed by atoms with Gasteiger partial charge in [0.2, 0.25) is 0 Å². The second kappa shape index (κ2) is 8.72. The Labute approximate surface area is 142 Å². The van der Waals surface area contributed by atoms with Crippen molar-refractivity contribution >= 4 is 12.1 Å². The Hall–Kier alpha value is -2.82. The molecule has 0 atom stereocenters. The first kappa shape index (κ1) is 17.5. The van der Waals surface area contributed by atoms with Crippen molar-refractivity contribution in [3.8, 4) is 11.5 Å². The third kappa shape index (κ3) is 5.12. The lowest BCUT2D eigenvalue weighted by Crippen LogP contribution is -2.24. The number of hydrogen-bond donors (Lipinski definition) is 1. The molecule has 2 rings (SSSR count). The minimum atomic E-state index is -0.307. The number of methoxy groups -OCH3 is 1. The molecular formula is C19H22N2O3. The molecule has 5 heteroatoms. The number of amides is 1. The summed E-state index contributed by atoms with van der Waals surface area (Å²) in [4.78, 5) is 11.8. The molecule has 0 saturated heterocycles. The van der Waals surface area contributed by atoms with Crippen molar-refractivity contribution < 1.29 is 14.3 Å². The van der Waals surface area contributed by atoms with E-state index in [1.807, 2.05) is 48.5 Å². The van der Waals surface area contributed by atoms with Crippen molar-refractivity contribution in [2.45, 2.75) is 19.8 Å². The number of nitrogens with one attached hydrogen (secondary N) is 1. The Morgan fingerprint density at radius 1 is 1.17 bits per heavy atom. The van der Waals surface area contributed by atoms with E-state index in [-0.39, 0.29) is 12.5 Å². The van der Waals surface area contributed by atoms with E-state index in [1.165, 1.54) is 0 Å². The summed E-state index contributed by atoms with van der Waals surface area (Å²) in [6, 6.07) is 15.1. The molecule has 0 aromatic heterocycles. The summed E-state index contributed by atoms with van der Waals surface area (Å²) in [6.45, 7) is 4.09. The molecule has 24 heavy (non-hydrogen) atoms. The molecule has 1 amide bonds. The number of rotatable bonds is 7. The van der Waals surface area contributed by atoms with Crippen molar-refractivity contribution in [2.75, 3.05) is 13.7 Å². The van der Waals surface area contributed by atoms with Crippen LogP contribution in [0.3, 0.4) is 0 Å². The van der Waals surface area contributed by atoms with Crippen molar-refractivity contribution in [3.63, 3.8) is 0 Å². The van der Waals surface area contributed by atoms with E-state index < -0.39 is 0 Å². The molecule has 0 aliphatic carbocycles. The van der Waals surface area contributed by atoms with Gasteiger partial charge in [-0.25, -0.2) is 5.43 Å². The van der Waals surface area contributed by atoms with Gasteiger partial charge in [-0.05, 0) is 47.4 Å². The zero-order valence-corrected chi connectivity index (χ0v) is 14.2. The summed E-state index contributed by atoms with van der Waals surface area (Å²) in [5.41, 5.74) is 4.39. The first-order valence-corrected chi connectivity index (χ1v) is 7.78. The Kier molecular flexibility index (Phi) is 6.37. The van der Waals surface area contributed by atoms with Gasteiger partial charge in [-0.2, -0.15) is 5.10 Å². The highest BCUT2D eigenvalue weighted by atomic mass is 16.5. The summed E-state index contributed by atoms with van der Waals surface area (Å²) in [5, 5.41) is 3.92. The zero-order valence-electron chi connectivity index (χ0n) is 14.2. The molecule has 0 fully saturated rings. The minimum absolute atomic E-state index is 0.0797.